The highest BCUT2D eigenvalue weighted by Gasteiger charge is 2.28. The van der Waals surface area contributed by atoms with Crippen molar-refractivity contribution in [1.29, 1.82) is 0 Å². The molecule has 3 N–H and O–H groups in total. The van der Waals surface area contributed by atoms with Crippen molar-refractivity contribution in [3.05, 3.63) is 90.5 Å². The van der Waals surface area contributed by atoms with Crippen molar-refractivity contribution in [2.24, 2.45) is 5.73 Å². The zero-order valence-corrected chi connectivity index (χ0v) is 23.0. The van der Waals surface area contributed by atoms with Gasteiger partial charge in [0.15, 0.2) is 11.6 Å². The van der Waals surface area contributed by atoms with Crippen molar-refractivity contribution in [3.63, 3.8) is 0 Å². The highest BCUT2D eigenvalue weighted by atomic mass is 32.1. The molecule has 0 aliphatic carbocycles. The summed E-state index contributed by atoms with van der Waals surface area (Å²) in [6.07, 6.45) is 5.30. The lowest BCUT2D eigenvalue weighted by Crippen LogP contribution is -2.32. The molecule has 12 heteroatoms. The zero-order chi connectivity index (χ0) is 29.1. The van der Waals surface area contributed by atoms with Gasteiger partial charge in [0.2, 0.25) is 11.8 Å². The van der Waals surface area contributed by atoms with Crippen LogP contribution in [-0.2, 0) is 16.1 Å². The van der Waals surface area contributed by atoms with E-state index in [2.05, 4.69) is 20.2 Å². The van der Waals surface area contributed by atoms with Gasteiger partial charge in [0.05, 0.1) is 32.8 Å². The molecule has 2 amide bonds. The molecular formula is C29H26F2N6O3S. The summed E-state index contributed by atoms with van der Waals surface area (Å²) in [5.41, 5.74) is 6.79. The highest BCUT2D eigenvalue weighted by Crippen LogP contribution is 2.39. The van der Waals surface area contributed by atoms with Crippen LogP contribution in [0.1, 0.15) is 11.5 Å². The first-order valence-corrected chi connectivity index (χ1v) is 13.4. The molecule has 3 aromatic heterocycles. The Morgan fingerprint density at radius 1 is 1.07 bits per heavy atom. The monoisotopic (exact) mass is 576 g/mol. The fourth-order valence-corrected chi connectivity index (χ4v) is 5.18. The van der Waals surface area contributed by atoms with Gasteiger partial charge in [0.25, 0.3) is 0 Å². The highest BCUT2D eigenvalue weighted by molar-refractivity contribution is 7.22. The molecule has 0 spiro atoms. The lowest BCUT2D eigenvalue weighted by atomic mass is 9.97. The number of rotatable bonds is 10. The average Bonchev–Trinajstić information content (AvgIpc) is 3.58. The van der Waals surface area contributed by atoms with E-state index in [0.717, 1.165) is 35.8 Å². The minimum atomic E-state index is -1.55. The molecule has 0 bridgehead atoms. The van der Waals surface area contributed by atoms with Gasteiger partial charge >= 0.3 is 0 Å². The number of thiophene rings is 1. The van der Waals surface area contributed by atoms with Crippen LogP contribution in [0.15, 0.2) is 73.3 Å². The Morgan fingerprint density at radius 2 is 1.88 bits per heavy atom. The number of primary amides is 1. The van der Waals surface area contributed by atoms with E-state index in [1.165, 1.54) is 41.7 Å². The lowest BCUT2D eigenvalue weighted by molar-refractivity contribution is -0.127. The molecule has 5 aromatic rings. The molecular weight excluding hydrogens is 550 g/mol. The molecule has 0 saturated carbocycles. The van der Waals surface area contributed by atoms with Crippen LogP contribution < -0.4 is 15.8 Å². The van der Waals surface area contributed by atoms with Gasteiger partial charge in [0.1, 0.15) is 17.5 Å². The van der Waals surface area contributed by atoms with E-state index in [-0.39, 0.29) is 17.0 Å². The van der Waals surface area contributed by atoms with Crippen LogP contribution in [0.25, 0.3) is 20.8 Å². The van der Waals surface area contributed by atoms with E-state index < -0.39 is 29.4 Å². The van der Waals surface area contributed by atoms with Crippen LogP contribution >= 0.6 is 11.3 Å². The number of likely N-dealkylation sites (N-methyl/N-ethyl adjacent to an activating group) is 1. The molecule has 0 aliphatic heterocycles. The van der Waals surface area contributed by atoms with Crippen molar-refractivity contribution < 1.29 is 23.1 Å². The molecule has 1 atom stereocenters. The number of nitrogens with one attached hydrogen (secondary N) is 1. The van der Waals surface area contributed by atoms with Gasteiger partial charge in [-0.25, -0.2) is 13.8 Å². The third kappa shape index (κ3) is 6.23. The Hall–Kier alpha value is -4.68. The smallest absolute Gasteiger partial charge is 0.241 e. The van der Waals surface area contributed by atoms with Gasteiger partial charge in [0, 0.05) is 31.5 Å². The standard InChI is InChI=1S/C29H26F2N6O3S/c1-36(2)11-12-37-15-22(34-16-37)25-14-21-27(41-25)24(9-10-33-21)40-23-8-7-17(13-19(23)31)26(28(32)38)29(39)35-20-6-4-3-5-18(20)30/h3-10,13-16,26H,11-12H2,1-2H3,(H2,32,38)(H,35,39). The molecule has 0 aliphatic rings. The summed E-state index contributed by atoms with van der Waals surface area (Å²) in [5, 5.41) is 2.33. The first-order chi connectivity index (χ1) is 19.7. The Bertz CT molecular complexity index is 1730. The lowest BCUT2D eigenvalue weighted by Gasteiger charge is -2.16. The van der Waals surface area contributed by atoms with Crippen LogP contribution in [0.2, 0.25) is 0 Å². The van der Waals surface area contributed by atoms with Gasteiger partial charge < -0.3 is 25.3 Å². The van der Waals surface area contributed by atoms with Crippen molar-refractivity contribution >= 4 is 39.1 Å². The van der Waals surface area contributed by atoms with E-state index >= 15 is 4.39 Å². The Balaban J connectivity index is 1.37. The summed E-state index contributed by atoms with van der Waals surface area (Å²) in [6, 6.07) is 12.7. The van der Waals surface area contributed by atoms with Gasteiger partial charge in [-0.1, -0.05) is 18.2 Å². The predicted molar refractivity (Wildman–Crippen MR) is 153 cm³/mol. The first-order valence-electron chi connectivity index (χ1n) is 12.6. The van der Waals surface area contributed by atoms with Crippen LogP contribution in [0, 0.1) is 11.6 Å². The second-order valence-corrected chi connectivity index (χ2v) is 10.6. The summed E-state index contributed by atoms with van der Waals surface area (Å²) < 4.78 is 37.8. The second-order valence-electron chi connectivity index (χ2n) is 9.53. The number of imidazole rings is 1. The number of anilines is 1. The van der Waals surface area contributed by atoms with Crippen molar-refractivity contribution in [3.8, 4) is 22.1 Å². The molecule has 0 fully saturated rings. The van der Waals surface area contributed by atoms with E-state index in [1.807, 2.05) is 30.9 Å². The summed E-state index contributed by atoms with van der Waals surface area (Å²) in [4.78, 5) is 36.8. The van der Waals surface area contributed by atoms with Crippen LogP contribution in [0.5, 0.6) is 11.5 Å². The number of para-hydroxylation sites is 1. The number of nitrogens with zero attached hydrogens (tertiary/aromatic N) is 4. The maximum atomic E-state index is 15.2. The maximum Gasteiger partial charge on any atom is 0.241 e. The summed E-state index contributed by atoms with van der Waals surface area (Å²) in [7, 11) is 4.02. The van der Waals surface area contributed by atoms with Gasteiger partial charge in [-0.05, 0) is 50.0 Å². The molecule has 1 unspecified atom stereocenters. The molecule has 210 valence electrons. The van der Waals surface area contributed by atoms with Crippen molar-refractivity contribution in [1.82, 2.24) is 19.4 Å². The minimum absolute atomic E-state index is 0.000623. The number of pyridine rings is 1. The summed E-state index contributed by atoms with van der Waals surface area (Å²) in [5.74, 6) is -4.69. The van der Waals surface area contributed by atoms with Gasteiger partial charge in [-0.2, -0.15) is 0 Å². The van der Waals surface area contributed by atoms with Crippen molar-refractivity contribution in [2.45, 2.75) is 12.5 Å². The maximum absolute atomic E-state index is 15.2. The number of carbonyl (C=O) groups excluding carboxylic acids is 2. The predicted octanol–water partition coefficient (Wildman–Crippen LogP) is 5.00. The third-order valence-corrected chi connectivity index (χ3v) is 7.42. The molecule has 41 heavy (non-hydrogen) atoms. The van der Waals surface area contributed by atoms with Crippen LogP contribution in [-0.4, -0.2) is 51.9 Å². The Morgan fingerprint density at radius 3 is 2.61 bits per heavy atom. The quantitative estimate of drug-likeness (QED) is 0.226. The fourth-order valence-electron chi connectivity index (χ4n) is 4.16. The number of amides is 2. The number of hydrogen-bond acceptors (Lipinski definition) is 7. The van der Waals surface area contributed by atoms with E-state index in [9.17, 15) is 14.0 Å². The van der Waals surface area contributed by atoms with E-state index in [1.54, 1.807) is 18.6 Å². The minimum Gasteiger partial charge on any atom is -0.453 e. The van der Waals surface area contributed by atoms with Crippen LogP contribution in [0.3, 0.4) is 0 Å². The van der Waals surface area contributed by atoms with Crippen LogP contribution in [0.4, 0.5) is 14.5 Å². The SMILES string of the molecule is CN(C)CCn1cnc(-c2cc3nccc(Oc4ccc(C(C(N)=O)C(=O)Nc5ccccc5F)cc4F)c3s2)c1. The zero-order valence-electron chi connectivity index (χ0n) is 22.2. The van der Waals surface area contributed by atoms with Gasteiger partial charge in [-0.3, -0.25) is 14.6 Å². The van der Waals surface area contributed by atoms with Gasteiger partial charge in [-0.15, -0.1) is 11.3 Å². The largest absolute Gasteiger partial charge is 0.453 e. The number of fused-ring (bicyclic) bond motifs is 1. The van der Waals surface area contributed by atoms with E-state index in [4.69, 9.17) is 10.5 Å². The number of hydrogen-bond donors (Lipinski definition) is 2. The summed E-state index contributed by atoms with van der Waals surface area (Å²) >= 11 is 1.42. The fraction of sp³-hybridized carbons (Fsp3) is 0.172. The molecule has 5 rings (SSSR count). The number of carbonyl (C=O) groups is 2. The Labute approximate surface area is 238 Å². The number of aromatic nitrogens is 3. The molecule has 0 radical (unpaired) electrons. The first kappa shape index (κ1) is 27.9. The number of benzene rings is 2. The number of ether oxygens (including phenoxy) is 1. The molecule has 2 aromatic carbocycles. The topological polar surface area (TPSA) is 115 Å². The average molecular weight is 577 g/mol. The summed E-state index contributed by atoms with van der Waals surface area (Å²) in [6.45, 7) is 1.68. The molecule has 0 saturated heterocycles. The third-order valence-electron chi connectivity index (χ3n) is 6.25. The van der Waals surface area contributed by atoms with Crippen molar-refractivity contribution in [2.75, 3.05) is 26.0 Å². The van der Waals surface area contributed by atoms with E-state index in [0.29, 0.717) is 16.0 Å². The molecule has 3 heterocycles. The molecule has 9 nitrogen and oxygen atoms in total. The number of nitrogens with two attached hydrogens (primary N) is 1. The normalized spacial score (nSPS) is 12.0. The number of halogens is 2. The Kier molecular flexibility index (Phi) is 8.04. The second kappa shape index (κ2) is 11.8.